The molecule has 3 nitrogen and oxygen atoms in total. The summed E-state index contributed by atoms with van der Waals surface area (Å²) in [6.07, 6.45) is 3.90. The summed E-state index contributed by atoms with van der Waals surface area (Å²) in [6, 6.07) is 4.91. The van der Waals surface area contributed by atoms with Gasteiger partial charge in [0.05, 0.1) is 23.7 Å². The maximum atomic E-state index is 13.3. The number of aromatic nitrogens is 1. The number of fused-ring (bicyclic) bond motifs is 3. The van der Waals surface area contributed by atoms with Crippen LogP contribution in [0.4, 0.5) is 0 Å². The van der Waals surface area contributed by atoms with E-state index in [2.05, 4.69) is 58.7 Å². The van der Waals surface area contributed by atoms with Gasteiger partial charge in [-0.15, -0.1) is 0 Å². The number of H-pyrrole nitrogens is 1. The van der Waals surface area contributed by atoms with E-state index in [0.29, 0.717) is 16.9 Å². The van der Waals surface area contributed by atoms with Gasteiger partial charge in [-0.2, -0.15) is 0 Å². The van der Waals surface area contributed by atoms with E-state index < -0.39 is 0 Å². The number of aryl methyl sites for hydroxylation is 3. The lowest BCUT2D eigenvalue weighted by molar-refractivity contribution is -0.928. The molecule has 0 amide bonds. The average Bonchev–Trinajstić information content (AvgIpc) is 2.70. The molecule has 1 unspecified atom stereocenters. The molecule has 1 aromatic heterocycles. The molecule has 3 atom stereocenters. The predicted molar refractivity (Wildman–Crippen MR) is 108 cm³/mol. The molecule has 1 saturated heterocycles. The number of hydrogen-bond donors (Lipinski definition) is 2. The number of pyridine rings is 1. The molecule has 140 valence electrons. The third-order valence-electron chi connectivity index (χ3n) is 6.83. The molecule has 1 aliphatic carbocycles. The number of benzene rings is 1. The molecule has 0 spiro atoms. The van der Waals surface area contributed by atoms with Crippen molar-refractivity contribution in [1.29, 1.82) is 0 Å². The van der Waals surface area contributed by atoms with Crippen LogP contribution in [0.2, 0.25) is 0 Å². The SMILES string of the molecule is Cc1cc(C)c2c(=O)c(C[NH+]3C[C@@]4(C)C[C@@H]3CC(C)(C)C4)c(C)[nH]c2c1. The second kappa shape index (κ2) is 5.69. The van der Waals surface area contributed by atoms with Crippen LogP contribution in [0.1, 0.15) is 62.4 Å². The van der Waals surface area contributed by atoms with Crippen molar-refractivity contribution in [2.24, 2.45) is 10.8 Å². The molecule has 26 heavy (non-hydrogen) atoms. The summed E-state index contributed by atoms with van der Waals surface area (Å²) in [5.41, 5.74) is 6.42. The number of rotatable bonds is 2. The zero-order valence-corrected chi connectivity index (χ0v) is 17.2. The highest BCUT2D eigenvalue weighted by Gasteiger charge is 2.52. The van der Waals surface area contributed by atoms with Gasteiger partial charge < -0.3 is 9.88 Å². The fourth-order valence-electron chi connectivity index (χ4n) is 6.36. The van der Waals surface area contributed by atoms with Gasteiger partial charge >= 0.3 is 0 Å². The van der Waals surface area contributed by atoms with Crippen molar-refractivity contribution in [2.75, 3.05) is 6.54 Å². The normalized spacial score (nSPS) is 30.1. The zero-order valence-electron chi connectivity index (χ0n) is 17.2. The van der Waals surface area contributed by atoms with Crippen LogP contribution in [0.3, 0.4) is 0 Å². The van der Waals surface area contributed by atoms with Crippen LogP contribution >= 0.6 is 0 Å². The largest absolute Gasteiger partial charge is 0.358 e. The maximum absolute atomic E-state index is 13.3. The molecule has 4 rings (SSSR count). The van der Waals surface area contributed by atoms with E-state index >= 15 is 0 Å². The molecule has 2 aliphatic rings. The number of aromatic amines is 1. The first-order chi connectivity index (χ1) is 12.1. The van der Waals surface area contributed by atoms with Gasteiger partial charge in [-0.1, -0.05) is 26.8 Å². The first-order valence-corrected chi connectivity index (χ1v) is 10.0. The minimum absolute atomic E-state index is 0.243. The summed E-state index contributed by atoms with van der Waals surface area (Å²) >= 11 is 0. The van der Waals surface area contributed by atoms with Crippen molar-refractivity contribution in [3.05, 3.63) is 44.7 Å². The molecule has 2 fully saturated rings. The topological polar surface area (TPSA) is 37.3 Å². The highest BCUT2D eigenvalue weighted by Crippen LogP contribution is 2.47. The summed E-state index contributed by atoms with van der Waals surface area (Å²) in [5.74, 6) is 0. The first kappa shape index (κ1) is 17.8. The molecular formula is C23H33N2O+. The fraction of sp³-hybridized carbons (Fsp3) is 0.609. The Labute approximate surface area is 156 Å². The Bertz CT molecular complexity index is 939. The zero-order chi connectivity index (χ0) is 18.9. The third kappa shape index (κ3) is 2.90. The minimum Gasteiger partial charge on any atom is -0.358 e. The van der Waals surface area contributed by atoms with Crippen molar-refractivity contribution in [3.8, 4) is 0 Å². The molecule has 2 bridgehead atoms. The van der Waals surface area contributed by atoms with Gasteiger partial charge in [0, 0.05) is 29.3 Å². The van der Waals surface area contributed by atoms with Crippen LogP contribution in [-0.4, -0.2) is 17.6 Å². The van der Waals surface area contributed by atoms with Crippen molar-refractivity contribution in [1.82, 2.24) is 4.98 Å². The van der Waals surface area contributed by atoms with E-state index in [1.807, 2.05) is 0 Å². The molecule has 2 heterocycles. The number of hydrogen-bond acceptors (Lipinski definition) is 1. The van der Waals surface area contributed by atoms with Crippen LogP contribution in [-0.2, 0) is 6.54 Å². The fourth-order valence-corrected chi connectivity index (χ4v) is 6.36. The van der Waals surface area contributed by atoms with E-state index in [1.54, 1.807) is 4.90 Å². The van der Waals surface area contributed by atoms with E-state index in [0.717, 1.165) is 34.3 Å². The molecular weight excluding hydrogens is 320 g/mol. The first-order valence-electron chi connectivity index (χ1n) is 10.0. The number of likely N-dealkylation sites (tertiary alicyclic amines) is 1. The summed E-state index contributed by atoms with van der Waals surface area (Å²) in [7, 11) is 0. The Morgan fingerprint density at radius 3 is 2.62 bits per heavy atom. The molecule has 2 N–H and O–H groups in total. The molecule has 0 radical (unpaired) electrons. The quantitative estimate of drug-likeness (QED) is 0.853. The third-order valence-corrected chi connectivity index (χ3v) is 6.83. The lowest BCUT2D eigenvalue weighted by Crippen LogP contribution is -3.12. The van der Waals surface area contributed by atoms with Gasteiger partial charge in [0.25, 0.3) is 0 Å². The van der Waals surface area contributed by atoms with E-state index in [-0.39, 0.29) is 5.43 Å². The summed E-state index contributed by atoms with van der Waals surface area (Å²) in [4.78, 5) is 18.5. The van der Waals surface area contributed by atoms with Crippen LogP contribution < -0.4 is 10.3 Å². The van der Waals surface area contributed by atoms with Crippen LogP contribution in [0.15, 0.2) is 16.9 Å². The van der Waals surface area contributed by atoms with Gasteiger partial charge in [0.2, 0.25) is 0 Å². The smallest absolute Gasteiger partial charge is 0.198 e. The van der Waals surface area contributed by atoms with Gasteiger partial charge in [0.15, 0.2) is 5.43 Å². The van der Waals surface area contributed by atoms with Gasteiger partial charge in [0.1, 0.15) is 6.54 Å². The van der Waals surface area contributed by atoms with Gasteiger partial charge in [-0.05, 0) is 49.8 Å². The monoisotopic (exact) mass is 353 g/mol. The van der Waals surface area contributed by atoms with Crippen LogP contribution in [0.25, 0.3) is 10.9 Å². The van der Waals surface area contributed by atoms with E-state index in [1.165, 1.54) is 31.4 Å². The maximum Gasteiger partial charge on any atom is 0.198 e. The summed E-state index contributed by atoms with van der Waals surface area (Å²) in [6.45, 7) is 15.6. The number of quaternary nitrogens is 1. The highest BCUT2D eigenvalue weighted by atomic mass is 16.1. The van der Waals surface area contributed by atoms with E-state index in [4.69, 9.17) is 0 Å². The van der Waals surface area contributed by atoms with Crippen molar-refractivity contribution in [2.45, 2.75) is 73.4 Å². The molecule has 1 aliphatic heterocycles. The Morgan fingerprint density at radius 2 is 1.88 bits per heavy atom. The lowest BCUT2D eigenvalue weighted by atomic mass is 9.65. The average molecular weight is 354 g/mol. The Balaban J connectivity index is 1.74. The molecule has 3 heteroatoms. The van der Waals surface area contributed by atoms with Crippen molar-refractivity contribution in [3.63, 3.8) is 0 Å². The Hall–Kier alpha value is -1.61. The van der Waals surface area contributed by atoms with Gasteiger partial charge in [-0.25, -0.2) is 0 Å². The molecule has 1 aromatic carbocycles. The Kier molecular flexibility index (Phi) is 3.89. The second-order valence-electron chi connectivity index (χ2n) is 10.3. The van der Waals surface area contributed by atoms with E-state index in [9.17, 15) is 4.79 Å². The predicted octanol–water partition coefficient (Wildman–Crippen LogP) is 3.44. The summed E-state index contributed by atoms with van der Waals surface area (Å²) < 4.78 is 0. The van der Waals surface area contributed by atoms with Crippen LogP contribution in [0, 0.1) is 31.6 Å². The lowest BCUT2D eigenvalue weighted by Gasteiger charge is -2.37. The summed E-state index contributed by atoms with van der Waals surface area (Å²) in [5, 5.41) is 0.879. The highest BCUT2D eigenvalue weighted by molar-refractivity contribution is 5.83. The second-order valence-corrected chi connectivity index (χ2v) is 10.3. The van der Waals surface area contributed by atoms with Crippen molar-refractivity contribution < 1.29 is 4.90 Å². The van der Waals surface area contributed by atoms with Crippen molar-refractivity contribution >= 4 is 10.9 Å². The molecule has 2 aromatic rings. The number of nitrogens with one attached hydrogen (secondary N) is 2. The van der Waals surface area contributed by atoms with Gasteiger partial charge in [-0.3, -0.25) is 4.79 Å². The minimum atomic E-state index is 0.243. The Morgan fingerprint density at radius 1 is 1.15 bits per heavy atom. The standard InChI is InChI=1S/C23H32N2O/c1-14-7-15(2)20-19(8-14)24-16(3)18(21(20)26)11-25-13-23(6)10-17(25)9-22(4,5)12-23/h7-8,17H,9-13H2,1-6H3,(H,24,26)/p+1/t17-,23-/m0/s1. The van der Waals surface area contributed by atoms with Crippen LogP contribution in [0.5, 0.6) is 0 Å². The molecule has 1 saturated carbocycles.